The molecule has 0 bridgehead atoms. The lowest BCUT2D eigenvalue weighted by molar-refractivity contribution is -0.0450. The molecular weight excluding hydrogens is 256 g/mol. The van der Waals surface area contributed by atoms with Gasteiger partial charge in [-0.05, 0) is 32.0 Å². The van der Waals surface area contributed by atoms with E-state index >= 15 is 0 Å². The number of aromatic nitrogens is 2. The number of nitrogens with zero attached hydrogens (tertiary/aromatic N) is 3. The third-order valence-corrected chi connectivity index (χ3v) is 3.58. The Morgan fingerprint density at radius 2 is 2.45 bits per heavy atom. The molecule has 0 spiro atoms. The Labute approximate surface area is 120 Å². The highest BCUT2D eigenvalue weighted by Gasteiger charge is 2.30. The van der Waals surface area contributed by atoms with Gasteiger partial charge in [-0.2, -0.15) is 5.10 Å². The summed E-state index contributed by atoms with van der Waals surface area (Å²) >= 11 is 0. The highest BCUT2D eigenvalue weighted by molar-refractivity contribution is 5.03. The monoisotopic (exact) mass is 282 g/mol. The van der Waals surface area contributed by atoms with Gasteiger partial charge in [-0.15, -0.1) is 0 Å². The van der Waals surface area contributed by atoms with Gasteiger partial charge in [0.2, 0.25) is 0 Å². The zero-order chi connectivity index (χ0) is 14.4. The van der Waals surface area contributed by atoms with Gasteiger partial charge in [0.15, 0.2) is 0 Å². The first-order chi connectivity index (χ1) is 9.57. The van der Waals surface area contributed by atoms with Gasteiger partial charge in [0.1, 0.15) is 5.60 Å². The third kappa shape index (κ3) is 4.86. The van der Waals surface area contributed by atoms with Crippen LogP contribution in [0.2, 0.25) is 0 Å². The number of rotatable bonds is 6. The molecule has 20 heavy (non-hydrogen) atoms. The number of nitrogens with one attached hydrogen (secondary N) is 1. The topological polar surface area (TPSA) is 62.6 Å². The van der Waals surface area contributed by atoms with Crippen LogP contribution in [0.15, 0.2) is 12.4 Å². The number of β-amino-alcohol motifs (C(OH)–C–C–N with tert-alkyl or cyclic N) is 1. The van der Waals surface area contributed by atoms with Crippen LogP contribution in [-0.4, -0.2) is 71.8 Å². The first-order valence-electron chi connectivity index (χ1n) is 7.24. The van der Waals surface area contributed by atoms with Crippen LogP contribution in [0.25, 0.3) is 0 Å². The molecule has 2 rings (SSSR count). The Kier molecular flexibility index (Phi) is 5.54. The lowest BCUT2D eigenvalue weighted by Gasteiger charge is -2.30. The van der Waals surface area contributed by atoms with Crippen molar-refractivity contribution >= 4 is 0 Å². The van der Waals surface area contributed by atoms with Crippen molar-refractivity contribution in [1.82, 2.24) is 20.0 Å². The van der Waals surface area contributed by atoms with Crippen molar-refractivity contribution in [1.29, 1.82) is 0 Å². The highest BCUT2D eigenvalue weighted by atomic mass is 16.5. The van der Waals surface area contributed by atoms with Crippen molar-refractivity contribution in [2.24, 2.45) is 7.05 Å². The van der Waals surface area contributed by atoms with E-state index in [1.165, 1.54) is 5.56 Å². The molecular formula is C14H26N4O2. The molecule has 0 aromatic carbocycles. The zero-order valence-corrected chi connectivity index (χ0v) is 12.5. The molecule has 6 heteroatoms. The van der Waals surface area contributed by atoms with Gasteiger partial charge >= 0.3 is 0 Å². The standard InChI is InChI=1S/C14H26N4O2/c1-17(6-3-4-13-8-16-18(2)9-13)11-14(19)10-15-5-7-20-12-14/h8-9,15,19H,3-7,10-12H2,1-2H3/t14-/m1/s1. The minimum absolute atomic E-state index is 0.410. The molecule has 2 heterocycles. The molecule has 2 N–H and O–H groups in total. The van der Waals surface area contributed by atoms with Crippen LogP contribution in [-0.2, 0) is 18.2 Å². The van der Waals surface area contributed by atoms with Crippen LogP contribution in [0.4, 0.5) is 0 Å². The zero-order valence-electron chi connectivity index (χ0n) is 12.5. The smallest absolute Gasteiger partial charge is 0.113 e. The predicted octanol–water partition coefficient (Wildman–Crippen LogP) is -0.365. The SMILES string of the molecule is CN(CCCc1cnn(C)c1)C[C@]1(O)CNCCOC1. The minimum Gasteiger partial charge on any atom is -0.385 e. The van der Waals surface area contributed by atoms with Crippen LogP contribution >= 0.6 is 0 Å². The quantitative estimate of drug-likeness (QED) is 0.746. The first kappa shape index (κ1) is 15.4. The first-order valence-corrected chi connectivity index (χ1v) is 7.24. The molecule has 1 saturated heterocycles. The summed E-state index contributed by atoms with van der Waals surface area (Å²) in [6.45, 7) is 4.08. The number of hydrogen-bond donors (Lipinski definition) is 2. The van der Waals surface area contributed by atoms with Crippen LogP contribution in [0.1, 0.15) is 12.0 Å². The number of aliphatic hydroxyl groups is 1. The van der Waals surface area contributed by atoms with Crippen molar-refractivity contribution in [2.45, 2.75) is 18.4 Å². The molecule has 0 amide bonds. The van der Waals surface area contributed by atoms with Crippen molar-refractivity contribution in [3.05, 3.63) is 18.0 Å². The Hall–Kier alpha value is -0.950. The summed E-state index contributed by atoms with van der Waals surface area (Å²) in [6, 6.07) is 0. The van der Waals surface area contributed by atoms with Crippen LogP contribution in [0, 0.1) is 0 Å². The van der Waals surface area contributed by atoms with Gasteiger partial charge in [0.25, 0.3) is 0 Å². The Morgan fingerprint density at radius 3 is 3.20 bits per heavy atom. The summed E-state index contributed by atoms with van der Waals surface area (Å²) in [6.07, 6.45) is 6.05. The molecule has 0 radical (unpaired) electrons. The molecule has 6 nitrogen and oxygen atoms in total. The van der Waals surface area contributed by atoms with E-state index in [1.807, 2.05) is 25.0 Å². The maximum Gasteiger partial charge on any atom is 0.113 e. The van der Waals surface area contributed by atoms with Gasteiger partial charge in [0, 0.05) is 32.9 Å². The molecule has 0 aliphatic carbocycles. The number of likely N-dealkylation sites (N-methyl/N-ethyl adjacent to an activating group) is 1. The summed E-state index contributed by atoms with van der Waals surface area (Å²) in [5.41, 5.74) is 0.485. The van der Waals surface area contributed by atoms with Crippen molar-refractivity contribution < 1.29 is 9.84 Å². The van der Waals surface area contributed by atoms with E-state index in [1.54, 1.807) is 0 Å². The largest absolute Gasteiger partial charge is 0.385 e. The fourth-order valence-electron chi connectivity index (χ4n) is 2.62. The lowest BCUT2D eigenvalue weighted by atomic mass is 10.0. The van der Waals surface area contributed by atoms with Crippen LogP contribution < -0.4 is 5.32 Å². The summed E-state index contributed by atoms with van der Waals surface area (Å²) < 4.78 is 7.27. The van der Waals surface area contributed by atoms with E-state index in [9.17, 15) is 5.11 Å². The number of aryl methyl sites for hydroxylation is 2. The second-order valence-electron chi connectivity index (χ2n) is 5.82. The van der Waals surface area contributed by atoms with Crippen molar-refractivity contribution in [3.63, 3.8) is 0 Å². The second kappa shape index (κ2) is 7.17. The Balaban J connectivity index is 1.70. The second-order valence-corrected chi connectivity index (χ2v) is 5.82. The Bertz CT molecular complexity index is 400. The molecule has 0 unspecified atom stereocenters. The van der Waals surface area contributed by atoms with Gasteiger partial charge in [0.05, 0.1) is 19.4 Å². The molecule has 1 aliphatic rings. The minimum atomic E-state index is -0.778. The summed E-state index contributed by atoms with van der Waals surface area (Å²) in [7, 11) is 3.98. The lowest BCUT2D eigenvalue weighted by Crippen LogP contribution is -2.50. The van der Waals surface area contributed by atoms with Crippen LogP contribution in [0.3, 0.4) is 0 Å². The van der Waals surface area contributed by atoms with E-state index in [0.29, 0.717) is 26.3 Å². The third-order valence-electron chi connectivity index (χ3n) is 3.58. The molecule has 1 aromatic heterocycles. The maximum absolute atomic E-state index is 10.5. The fraction of sp³-hybridized carbons (Fsp3) is 0.786. The van der Waals surface area contributed by atoms with Gasteiger partial charge < -0.3 is 20.1 Å². The summed E-state index contributed by atoms with van der Waals surface area (Å²) in [5, 5.41) is 17.9. The van der Waals surface area contributed by atoms with E-state index in [2.05, 4.69) is 21.5 Å². The van der Waals surface area contributed by atoms with Crippen molar-refractivity contribution in [2.75, 3.05) is 46.4 Å². The Morgan fingerprint density at radius 1 is 1.60 bits per heavy atom. The maximum atomic E-state index is 10.5. The molecule has 1 aliphatic heterocycles. The fourth-order valence-corrected chi connectivity index (χ4v) is 2.62. The number of ether oxygens (including phenoxy) is 1. The van der Waals surface area contributed by atoms with Crippen LogP contribution in [0.5, 0.6) is 0 Å². The summed E-state index contributed by atoms with van der Waals surface area (Å²) in [5.74, 6) is 0. The number of hydrogen-bond acceptors (Lipinski definition) is 5. The van der Waals surface area contributed by atoms with E-state index in [-0.39, 0.29) is 0 Å². The molecule has 114 valence electrons. The van der Waals surface area contributed by atoms with E-state index in [4.69, 9.17) is 4.74 Å². The summed E-state index contributed by atoms with van der Waals surface area (Å²) in [4.78, 5) is 2.17. The van der Waals surface area contributed by atoms with Gasteiger partial charge in [-0.1, -0.05) is 0 Å². The molecule has 1 aromatic rings. The molecule has 1 fully saturated rings. The molecule has 0 saturated carbocycles. The highest BCUT2D eigenvalue weighted by Crippen LogP contribution is 2.10. The average Bonchev–Trinajstić information content (AvgIpc) is 2.67. The van der Waals surface area contributed by atoms with Crippen molar-refractivity contribution in [3.8, 4) is 0 Å². The molecule has 1 atom stereocenters. The van der Waals surface area contributed by atoms with E-state index in [0.717, 1.165) is 25.9 Å². The average molecular weight is 282 g/mol. The van der Waals surface area contributed by atoms with Gasteiger partial charge in [-0.25, -0.2) is 0 Å². The van der Waals surface area contributed by atoms with E-state index < -0.39 is 5.60 Å². The van der Waals surface area contributed by atoms with Gasteiger partial charge in [-0.3, -0.25) is 4.68 Å². The predicted molar refractivity (Wildman–Crippen MR) is 77.7 cm³/mol. The normalized spacial score (nSPS) is 24.0.